The van der Waals surface area contributed by atoms with Crippen LogP contribution in [0.4, 0.5) is 0 Å². The number of ether oxygens (including phenoxy) is 2. The number of benzene rings is 1. The summed E-state index contributed by atoms with van der Waals surface area (Å²) in [6, 6.07) is 4.95. The molecule has 0 bridgehead atoms. The second-order valence-electron chi connectivity index (χ2n) is 3.82. The van der Waals surface area contributed by atoms with Gasteiger partial charge in [0.15, 0.2) is 11.5 Å². The van der Waals surface area contributed by atoms with Crippen molar-refractivity contribution in [3.8, 4) is 11.5 Å². The average Bonchev–Trinajstić information content (AvgIpc) is 2.31. The summed E-state index contributed by atoms with van der Waals surface area (Å²) in [6.07, 6.45) is -0.156. The van der Waals surface area contributed by atoms with Gasteiger partial charge in [-0.1, -0.05) is 0 Å². The minimum absolute atomic E-state index is 0.337. The summed E-state index contributed by atoms with van der Waals surface area (Å²) >= 11 is 0. The first-order valence-corrected chi connectivity index (χ1v) is 5.65. The van der Waals surface area contributed by atoms with Gasteiger partial charge in [-0.2, -0.15) is 0 Å². The van der Waals surface area contributed by atoms with Crippen LogP contribution in [0.2, 0.25) is 0 Å². The molecule has 0 saturated heterocycles. The zero-order chi connectivity index (χ0) is 12.8. The van der Waals surface area contributed by atoms with E-state index in [0.717, 1.165) is 6.29 Å². The molecule has 0 fully saturated rings. The molecule has 4 heteroatoms. The number of aliphatic hydroxyl groups is 1. The van der Waals surface area contributed by atoms with Crippen LogP contribution < -0.4 is 9.47 Å². The van der Waals surface area contributed by atoms with E-state index < -0.39 is 6.10 Å². The number of rotatable bonds is 6. The van der Waals surface area contributed by atoms with Crippen molar-refractivity contribution in [2.24, 2.45) is 0 Å². The predicted octanol–water partition coefficient (Wildman–Crippen LogP) is 2.05. The largest absolute Gasteiger partial charge is 0.490 e. The molecule has 2 unspecified atom stereocenters. The smallest absolute Gasteiger partial charge is 0.161 e. The van der Waals surface area contributed by atoms with E-state index in [4.69, 9.17) is 9.47 Å². The van der Waals surface area contributed by atoms with Crippen LogP contribution in [-0.4, -0.2) is 30.2 Å². The van der Waals surface area contributed by atoms with Crippen molar-refractivity contribution >= 4 is 6.29 Å². The van der Waals surface area contributed by atoms with Gasteiger partial charge in [0.1, 0.15) is 12.4 Å². The third kappa shape index (κ3) is 3.75. The second kappa shape index (κ2) is 6.25. The molecule has 1 aromatic rings. The van der Waals surface area contributed by atoms with Crippen molar-refractivity contribution in [2.45, 2.75) is 33.0 Å². The van der Waals surface area contributed by atoms with E-state index in [1.807, 2.05) is 6.92 Å². The summed E-state index contributed by atoms with van der Waals surface area (Å²) in [5, 5.41) is 9.38. The highest BCUT2D eigenvalue weighted by Gasteiger charge is 2.14. The minimum Gasteiger partial charge on any atom is -0.490 e. The molecule has 4 nitrogen and oxygen atoms in total. The number of carbonyl (C=O) groups excluding carboxylic acids is 1. The van der Waals surface area contributed by atoms with Crippen LogP contribution in [0.3, 0.4) is 0 Å². The van der Waals surface area contributed by atoms with Crippen molar-refractivity contribution < 1.29 is 19.4 Å². The third-order valence-electron chi connectivity index (χ3n) is 2.40. The fourth-order valence-corrected chi connectivity index (χ4v) is 1.26. The highest BCUT2D eigenvalue weighted by atomic mass is 16.5. The molecule has 0 amide bonds. The molecule has 0 radical (unpaired) electrons. The predicted molar refractivity (Wildman–Crippen MR) is 64.8 cm³/mol. The van der Waals surface area contributed by atoms with Crippen LogP contribution in [0.15, 0.2) is 18.2 Å². The summed E-state index contributed by atoms with van der Waals surface area (Å²) in [4.78, 5) is 10.7. The van der Waals surface area contributed by atoms with Crippen molar-refractivity contribution in [1.29, 1.82) is 0 Å². The maximum Gasteiger partial charge on any atom is 0.161 e. The van der Waals surface area contributed by atoms with Crippen LogP contribution >= 0.6 is 0 Å². The standard InChI is InChI=1S/C13H18O4/c1-4-16-13-7-11(8-14)5-6-12(13)17-10(3)9(2)15/h5-10,15H,4H2,1-3H3. The first-order chi connectivity index (χ1) is 8.08. The topological polar surface area (TPSA) is 55.8 Å². The molecule has 0 aliphatic carbocycles. The van der Waals surface area contributed by atoms with Crippen molar-refractivity contribution in [2.75, 3.05) is 6.61 Å². The van der Waals surface area contributed by atoms with Crippen LogP contribution in [0.1, 0.15) is 31.1 Å². The fourth-order valence-electron chi connectivity index (χ4n) is 1.26. The Balaban J connectivity index is 2.93. The number of hydrogen-bond donors (Lipinski definition) is 1. The van der Waals surface area contributed by atoms with Crippen LogP contribution in [0.25, 0.3) is 0 Å². The molecule has 1 rings (SSSR count). The third-order valence-corrected chi connectivity index (χ3v) is 2.40. The van der Waals surface area contributed by atoms with Crippen molar-refractivity contribution in [3.63, 3.8) is 0 Å². The van der Waals surface area contributed by atoms with Gasteiger partial charge in [0.25, 0.3) is 0 Å². The molecule has 0 saturated carbocycles. The quantitative estimate of drug-likeness (QED) is 0.770. The molecular formula is C13H18O4. The molecule has 0 aliphatic heterocycles. The lowest BCUT2D eigenvalue weighted by molar-refractivity contribution is 0.0582. The average molecular weight is 238 g/mol. The lowest BCUT2D eigenvalue weighted by atomic mass is 10.2. The Bertz CT molecular complexity index is 374. The molecule has 0 heterocycles. The normalized spacial score (nSPS) is 13.9. The highest BCUT2D eigenvalue weighted by molar-refractivity contribution is 5.76. The zero-order valence-corrected chi connectivity index (χ0v) is 10.3. The van der Waals surface area contributed by atoms with E-state index in [1.54, 1.807) is 32.0 Å². The van der Waals surface area contributed by atoms with E-state index >= 15 is 0 Å². The first-order valence-electron chi connectivity index (χ1n) is 5.65. The molecule has 0 aliphatic rings. The van der Waals surface area contributed by atoms with Crippen molar-refractivity contribution in [1.82, 2.24) is 0 Å². The van der Waals surface area contributed by atoms with E-state index in [2.05, 4.69) is 0 Å². The summed E-state index contributed by atoms with van der Waals surface area (Å²) in [6.45, 7) is 5.77. The number of aldehydes is 1. The summed E-state index contributed by atoms with van der Waals surface area (Å²) in [7, 11) is 0. The zero-order valence-electron chi connectivity index (χ0n) is 10.3. The van der Waals surface area contributed by atoms with Gasteiger partial charge in [-0.05, 0) is 39.0 Å². The molecular weight excluding hydrogens is 220 g/mol. The van der Waals surface area contributed by atoms with Gasteiger partial charge in [0.05, 0.1) is 12.7 Å². The van der Waals surface area contributed by atoms with Gasteiger partial charge < -0.3 is 14.6 Å². The SMILES string of the molecule is CCOc1cc(C=O)ccc1OC(C)C(C)O. The second-order valence-corrected chi connectivity index (χ2v) is 3.82. The van der Waals surface area contributed by atoms with Gasteiger partial charge in [-0.15, -0.1) is 0 Å². The summed E-state index contributed by atoms with van der Waals surface area (Å²) in [5.74, 6) is 1.05. The van der Waals surface area contributed by atoms with E-state index in [0.29, 0.717) is 23.7 Å². The first kappa shape index (κ1) is 13.5. The molecule has 1 aromatic carbocycles. The van der Waals surface area contributed by atoms with E-state index in [1.165, 1.54) is 0 Å². The van der Waals surface area contributed by atoms with Gasteiger partial charge in [-0.3, -0.25) is 4.79 Å². The fraction of sp³-hybridized carbons (Fsp3) is 0.462. The lowest BCUT2D eigenvalue weighted by Crippen LogP contribution is -2.25. The summed E-state index contributed by atoms with van der Waals surface area (Å²) in [5.41, 5.74) is 0.533. The Labute approximate surface area is 101 Å². The molecule has 0 spiro atoms. The monoisotopic (exact) mass is 238 g/mol. The number of carbonyl (C=O) groups is 1. The van der Waals surface area contributed by atoms with Crippen LogP contribution in [-0.2, 0) is 0 Å². The summed E-state index contributed by atoms with van der Waals surface area (Å²) < 4.78 is 11.0. The number of hydrogen-bond acceptors (Lipinski definition) is 4. The Morgan fingerprint density at radius 3 is 2.59 bits per heavy atom. The Morgan fingerprint density at radius 1 is 1.35 bits per heavy atom. The Morgan fingerprint density at radius 2 is 2.06 bits per heavy atom. The molecule has 2 atom stereocenters. The van der Waals surface area contributed by atoms with Gasteiger partial charge >= 0.3 is 0 Å². The van der Waals surface area contributed by atoms with Crippen LogP contribution in [0, 0.1) is 0 Å². The Kier molecular flexibility index (Phi) is 4.97. The number of aliphatic hydroxyl groups excluding tert-OH is 1. The molecule has 0 aromatic heterocycles. The molecule has 94 valence electrons. The molecule has 17 heavy (non-hydrogen) atoms. The van der Waals surface area contributed by atoms with Crippen molar-refractivity contribution in [3.05, 3.63) is 23.8 Å². The molecule has 1 N–H and O–H groups in total. The minimum atomic E-state index is -0.574. The maximum atomic E-state index is 10.7. The van der Waals surface area contributed by atoms with E-state index in [9.17, 15) is 9.90 Å². The van der Waals surface area contributed by atoms with Gasteiger partial charge in [-0.25, -0.2) is 0 Å². The Hall–Kier alpha value is -1.55. The highest BCUT2D eigenvalue weighted by Crippen LogP contribution is 2.29. The lowest BCUT2D eigenvalue weighted by Gasteiger charge is -2.19. The maximum absolute atomic E-state index is 10.7. The van der Waals surface area contributed by atoms with Gasteiger partial charge in [0.2, 0.25) is 0 Å². The van der Waals surface area contributed by atoms with E-state index in [-0.39, 0.29) is 6.10 Å². The van der Waals surface area contributed by atoms with Gasteiger partial charge in [0, 0.05) is 5.56 Å². The van der Waals surface area contributed by atoms with Crippen LogP contribution in [0.5, 0.6) is 11.5 Å².